The molecule has 0 aliphatic heterocycles. The van der Waals surface area contributed by atoms with Crippen LogP contribution >= 0.6 is 0 Å². The minimum Gasteiger partial charge on any atom is -0.488 e. The Kier molecular flexibility index (Phi) is 4.53. The van der Waals surface area contributed by atoms with E-state index in [2.05, 4.69) is 0 Å². The largest absolute Gasteiger partial charge is 0.488 e. The summed E-state index contributed by atoms with van der Waals surface area (Å²) in [6.07, 6.45) is 0.895. The van der Waals surface area contributed by atoms with Crippen LogP contribution in [0.5, 0.6) is 5.75 Å². The first-order chi connectivity index (χ1) is 11.3. The lowest BCUT2D eigenvalue weighted by Gasteiger charge is -2.14. The van der Waals surface area contributed by atoms with Crippen molar-refractivity contribution in [2.75, 3.05) is 0 Å². The van der Waals surface area contributed by atoms with Gasteiger partial charge in [0.1, 0.15) is 18.6 Å². The van der Waals surface area contributed by atoms with Gasteiger partial charge in [0.05, 0.1) is 0 Å². The Morgan fingerprint density at radius 2 is 1.52 bits per heavy atom. The summed E-state index contributed by atoms with van der Waals surface area (Å²) in [6, 6.07) is 23.8. The molecule has 0 amide bonds. The predicted molar refractivity (Wildman–Crippen MR) is 92.8 cm³/mol. The van der Waals surface area contributed by atoms with Gasteiger partial charge in [0.25, 0.3) is 0 Å². The first-order valence-corrected chi connectivity index (χ1v) is 7.60. The van der Waals surface area contributed by atoms with Gasteiger partial charge in [-0.3, -0.25) is 4.79 Å². The van der Waals surface area contributed by atoms with Crippen LogP contribution < -0.4 is 4.74 Å². The highest BCUT2D eigenvalue weighted by Gasteiger charge is 2.10. The molecule has 3 aromatic rings. The molecule has 0 N–H and O–H groups in total. The third kappa shape index (κ3) is 3.32. The second kappa shape index (κ2) is 6.93. The number of para-hydroxylation sites is 1. The molecule has 0 aliphatic carbocycles. The summed E-state index contributed by atoms with van der Waals surface area (Å²) < 4.78 is 6.02. The summed E-state index contributed by atoms with van der Waals surface area (Å²) in [6.45, 7) is 2.48. The fourth-order valence-electron chi connectivity index (χ4n) is 2.62. The van der Waals surface area contributed by atoms with Crippen LogP contribution in [0.3, 0.4) is 0 Å². The van der Waals surface area contributed by atoms with Crippen molar-refractivity contribution in [3.8, 4) is 16.9 Å². The van der Waals surface area contributed by atoms with Crippen molar-refractivity contribution in [2.24, 2.45) is 0 Å². The summed E-state index contributed by atoms with van der Waals surface area (Å²) in [5.74, 6) is 0.822. The molecule has 0 unspecified atom stereocenters. The van der Waals surface area contributed by atoms with Crippen molar-refractivity contribution in [3.63, 3.8) is 0 Å². The van der Waals surface area contributed by atoms with E-state index in [4.69, 9.17) is 4.74 Å². The van der Waals surface area contributed by atoms with Crippen molar-refractivity contribution in [1.29, 1.82) is 0 Å². The third-order valence-corrected chi connectivity index (χ3v) is 3.92. The number of carbonyl (C=O) groups is 1. The van der Waals surface area contributed by atoms with Gasteiger partial charge in [-0.15, -0.1) is 0 Å². The fraction of sp³-hybridized carbons (Fsp3) is 0.0952. The molecule has 0 bridgehead atoms. The van der Waals surface area contributed by atoms with Gasteiger partial charge in [-0.2, -0.15) is 0 Å². The zero-order chi connectivity index (χ0) is 16.1. The van der Waals surface area contributed by atoms with Gasteiger partial charge >= 0.3 is 0 Å². The van der Waals surface area contributed by atoms with Crippen molar-refractivity contribution in [1.82, 2.24) is 0 Å². The van der Waals surface area contributed by atoms with E-state index in [-0.39, 0.29) is 0 Å². The van der Waals surface area contributed by atoms with Gasteiger partial charge in [-0.05, 0) is 29.7 Å². The highest BCUT2D eigenvalue weighted by atomic mass is 16.5. The zero-order valence-electron chi connectivity index (χ0n) is 13.0. The number of ether oxygens (including phenoxy) is 1. The first-order valence-electron chi connectivity index (χ1n) is 7.60. The Morgan fingerprint density at radius 1 is 0.826 bits per heavy atom. The molecule has 0 fully saturated rings. The van der Waals surface area contributed by atoms with Crippen LogP contribution in [0.15, 0.2) is 72.8 Å². The quantitative estimate of drug-likeness (QED) is 0.616. The molecule has 2 heteroatoms. The summed E-state index contributed by atoms with van der Waals surface area (Å²) in [5.41, 5.74) is 4.84. The van der Waals surface area contributed by atoms with Gasteiger partial charge in [0.15, 0.2) is 0 Å². The highest BCUT2D eigenvalue weighted by molar-refractivity contribution is 5.84. The Morgan fingerprint density at radius 3 is 2.30 bits per heavy atom. The molecule has 23 heavy (non-hydrogen) atoms. The minimum atomic E-state index is 0.518. The molecule has 0 heterocycles. The van der Waals surface area contributed by atoms with E-state index >= 15 is 0 Å². The van der Waals surface area contributed by atoms with Crippen molar-refractivity contribution in [3.05, 3.63) is 89.5 Å². The molecule has 3 rings (SSSR count). The van der Waals surface area contributed by atoms with Crippen LogP contribution in [0.2, 0.25) is 0 Å². The normalized spacial score (nSPS) is 10.3. The Balaban J connectivity index is 1.94. The number of hydrogen-bond donors (Lipinski definition) is 0. The van der Waals surface area contributed by atoms with E-state index in [1.54, 1.807) is 0 Å². The molecular weight excluding hydrogens is 284 g/mol. The second-order valence-corrected chi connectivity index (χ2v) is 5.41. The molecule has 0 atom stereocenters. The molecule has 2 nitrogen and oxygen atoms in total. The van der Waals surface area contributed by atoms with Gasteiger partial charge in [0.2, 0.25) is 0 Å². The number of carbonyl (C=O) groups excluding carboxylic acids is 1. The lowest BCUT2D eigenvalue weighted by atomic mass is 9.96. The maximum atomic E-state index is 11.2. The standard InChI is InChI=1S/C21H18O2/c1-16-18(14-22)10-7-12-19(16)20-11-5-6-13-21(20)23-15-17-8-3-2-4-9-17/h2-14H,15H2,1H3. The Bertz CT molecular complexity index is 807. The topological polar surface area (TPSA) is 26.3 Å². The van der Waals surface area contributed by atoms with E-state index in [1.165, 1.54) is 0 Å². The lowest BCUT2D eigenvalue weighted by Crippen LogP contribution is -1.98. The van der Waals surface area contributed by atoms with E-state index in [0.29, 0.717) is 12.2 Å². The molecular formula is C21H18O2. The van der Waals surface area contributed by atoms with Gasteiger partial charge in [-0.1, -0.05) is 66.7 Å². The van der Waals surface area contributed by atoms with Crippen LogP contribution in [0.4, 0.5) is 0 Å². The van der Waals surface area contributed by atoms with Gasteiger partial charge < -0.3 is 4.74 Å². The van der Waals surface area contributed by atoms with Crippen LogP contribution in [-0.4, -0.2) is 6.29 Å². The maximum Gasteiger partial charge on any atom is 0.150 e. The molecule has 0 spiro atoms. The summed E-state index contributed by atoms with van der Waals surface area (Å²) in [7, 11) is 0. The summed E-state index contributed by atoms with van der Waals surface area (Å²) >= 11 is 0. The smallest absolute Gasteiger partial charge is 0.150 e. The molecule has 0 radical (unpaired) electrons. The number of benzene rings is 3. The van der Waals surface area contributed by atoms with Gasteiger partial charge in [-0.25, -0.2) is 0 Å². The number of aldehydes is 1. The van der Waals surface area contributed by atoms with Crippen molar-refractivity contribution >= 4 is 6.29 Å². The molecule has 0 aromatic heterocycles. The molecule has 0 aliphatic rings. The van der Waals surface area contributed by atoms with Gasteiger partial charge in [0, 0.05) is 11.1 Å². The first kappa shape index (κ1) is 15.0. The van der Waals surface area contributed by atoms with E-state index in [1.807, 2.05) is 79.7 Å². The Labute approximate surface area is 136 Å². The average molecular weight is 302 g/mol. The fourth-order valence-corrected chi connectivity index (χ4v) is 2.62. The molecule has 0 saturated heterocycles. The predicted octanol–water partition coefficient (Wildman–Crippen LogP) is 5.05. The van der Waals surface area contributed by atoms with Crippen molar-refractivity contribution in [2.45, 2.75) is 13.5 Å². The van der Waals surface area contributed by atoms with Crippen molar-refractivity contribution < 1.29 is 9.53 Å². The average Bonchev–Trinajstić information content (AvgIpc) is 2.61. The van der Waals surface area contributed by atoms with Crippen LogP contribution in [-0.2, 0) is 6.61 Å². The van der Waals surface area contributed by atoms with Crippen LogP contribution in [0.25, 0.3) is 11.1 Å². The highest BCUT2D eigenvalue weighted by Crippen LogP contribution is 2.33. The second-order valence-electron chi connectivity index (χ2n) is 5.41. The minimum absolute atomic E-state index is 0.518. The van der Waals surface area contributed by atoms with Crippen LogP contribution in [0.1, 0.15) is 21.5 Å². The monoisotopic (exact) mass is 302 g/mol. The summed E-state index contributed by atoms with van der Waals surface area (Å²) in [4.78, 5) is 11.2. The number of rotatable bonds is 5. The van der Waals surface area contributed by atoms with E-state index in [9.17, 15) is 4.79 Å². The zero-order valence-corrected chi connectivity index (χ0v) is 13.0. The number of hydrogen-bond acceptors (Lipinski definition) is 2. The maximum absolute atomic E-state index is 11.2. The molecule has 114 valence electrons. The molecule has 0 saturated carbocycles. The Hall–Kier alpha value is -2.87. The SMILES string of the molecule is Cc1c(C=O)cccc1-c1ccccc1OCc1ccccc1. The van der Waals surface area contributed by atoms with Crippen LogP contribution in [0, 0.1) is 6.92 Å². The summed E-state index contributed by atoms with van der Waals surface area (Å²) in [5, 5.41) is 0. The lowest BCUT2D eigenvalue weighted by molar-refractivity contribution is 0.112. The van der Waals surface area contributed by atoms with E-state index in [0.717, 1.165) is 34.3 Å². The van der Waals surface area contributed by atoms with E-state index < -0.39 is 0 Å². The molecule has 3 aromatic carbocycles. The third-order valence-electron chi connectivity index (χ3n) is 3.92.